The van der Waals surface area contributed by atoms with Crippen LogP contribution in [0.15, 0.2) is 77.8 Å². The van der Waals surface area contributed by atoms with Crippen molar-refractivity contribution in [3.63, 3.8) is 0 Å². The zero-order chi connectivity index (χ0) is 28.4. The number of hydrogen-bond acceptors (Lipinski definition) is 6. The maximum atomic E-state index is 14.4. The fourth-order valence-electron chi connectivity index (χ4n) is 4.72. The van der Waals surface area contributed by atoms with E-state index in [9.17, 15) is 22.7 Å². The summed E-state index contributed by atoms with van der Waals surface area (Å²) in [6.07, 6.45) is 0.0884. The van der Waals surface area contributed by atoms with Crippen LogP contribution in [0.5, 0.6) is 0 Å². The summed E-state index contributed by atoms with van der Waals surface area (Å²) in [5.41, 5.74) is 1.87. The minimum Gasteiger partial charge on any atom is -0.457 e. The Bertz CT molecular complexity index is 1470. The fourth-order valence-corrected chi connectivity index (χ4v) is 6.49. The Morgan fingerprint density at radius 3 is 2.18 bits per heavy atom. The molecule has 1 aliphatic heterocycles. The van der Waals surface area contributed by atoms with E-state index in [1.165, 1.54) is 11.0 Å². The van der Waals surface area contributed by atoms with Crippen molar-refractivity contribution in [2.45, 2.75) is 37.2 Å². The van der Waals surface area contributed by atoms with Gasteiger partial charge >= 0.3 is 0 Å². The van der Waals surface area contributed by atoms with Crippen molar-refractivity contribution in [1.82, 2.24) is 9.62 Å². The zero-order valence-electron chi connectivity index (χ0n) is 22.3. The Balaban J connectivity index is 1.59. The van der Waals surface area contributed by atoms with Gasteiger partial charge in [0.05, 0.1) is 6.04 Å². The smallest absolute Gasteiger partial charge is 0.299 e. The minimum absolute atomic E-state index is 0.0884. The number of benzene rings is 3. The van der Waals surface area contributed by atoms with Crippen LogP contribution in [-0.4, -0.2) is 56.7 Å². The van der Waals surface area contributed by atoms with E-state index >= 15 is 0 Å². The molecule has 10 heteroatoms. The molecule has 0 saturated carbocycles. The third-order valence-corrected chi connectivity index (χ3v) is 8.48. The maximum absolute atomic E-state index is 14.4. The van der Waals surface area contributed by atoms with E-state index < -0.39 is 32.7 Å². The first-order valence-corrected chi connectivity index (χ1v) is 14.0. The van der Waals surface area contributed by atoms with E-state index in [1.807, 2.05) is 24.3 Å². The van der Waals surface area contributed by atoms with E-state index in [2.05, 4.69) is 9.71 Å². The molecule has 8 nitrogen and oxygen atoms in total. The molecule has 0 radical (unpaired) electrons. The van der Waals surface area contributed by atoms with Gasteiger partial charge in [-0.05, 0) is 55.2 Å². The lowest BCUT2D eigenvalue weighted by atomic mass is 9.95. The molecule has 206 valence electrons. The molecule has 1 amide bonds. The third kappa shape index (κ3) is 6.12. The number of amides is 1. The highest BCUT2D eigenvalue weighted by molar-refractivity contribution is 7.90. The van der Waals surface area contributed by atoms with Crippen molar-refractivity contribution in [2.75, 3.05) is 20.7 Å². The molecule has 0 aliphatic carbocycles. The number of amidine groups is 1. The standard InChI is InChI=1S/C29H32FN3O5S/c1-29(2)26(21-13-9-19(10-14-21)20-11-15-22(16-12-20)27(35)33(3)4)39(36,37)32-28(38-29)31-25(17-18-34)23-7-5-6-8-24(23)30/h5-16,25-26,34H,17-18H2,1-4H3,(H,31,32). The first kappa shape index (κ1) is 28.3. The average Bonchev–Trinajstić information content (AvgIpc) is 2.87. The number of aliphatic hydroxyl groups is 1. The lowest BCUT2D eigenvalue weighted by Gasteiger charge is -2.39. The zero-order valence-corrected chi connectivity index (χ0v) is 23.1. The predicted molar refractivity (Wildman–Crippen MR) is 148 cm³/mol. The van der Waals surface area contributed by atoms with E-state index in [0.29, 0.717) is 11.1 Å². The largest absolute Gasteiger partial charge is 0.457 e. The van der Waals surface area contributed by atoms with Crippen LogP contribution in [0.1, 0.15) is 53.0 Å². The Hall–Kier alpha value is -3.76. The van der Waals surface area contributed by atoms with Gasteiger partial charge in [0.25, 0.3) is 11.9 Å². The van der Waals surface area contributed by atoms with Crippen LogP contribution in [0, 0.1) is 5.82 Å². The molecule has 2 atom stereocenters. The second kappa shape index (κ2) is 11.2. The summed E-state index contributed by atoms with van der Waals surface area (Å²) in [6, 6.07) is 19.3. The lowest BCUT2D eigenvalue weighted by molar-refractivity contribution is 0.0758. The molecular weight excluding hydrogens is 521 g/mol. The first-order valence-electron chi connectivity index (χ1n) is 12.5. The summed E-state index contributed by atoms with van der Waals surface area (Å²) in [7, 11) is -0.603. The van der Waals surface area contributed by atoms with E-state index in [1.54, 1.807) is 70.4 Å². The molecule has 39 heavy (non-hydrogen) atoms. The number of ether oxygens (including phenoxy) is 1. The number of carbonyl (C=O) groups is 1. The van der Waals surface area contributed by atoms with Gasteiger partial charge in [0, 0.05) is 31.8 Å². The minimum atomic E-state index is -3.99. The topological polar surface area (TPSA) is 108 Å². The van der Waals surface area contributed by atoms with Gasteiger partial charge in [-0.2, -0.15) is 0 Å². The molecule has 2 N–H and O–H groups in total. The summed E-state index contributed by atoms with van der Waals surface area (Å²) in [5, 5.41) is 8.44. The van der Waals surface area contributed by atoms with Crippen LogP contribution in [0.4, 0.5) is 4.39 Å². The molecule has 1 saturated heterocycles. The van der Waals surface area contributed by atoms with E-state index in [-0.39, 0.29) is 30.5 Å². The number of carbonyl (C=O) groups excluding carboxylic acids is 1. The molecular formula is C29H32FN3O5S. The lowest BCUT2D eigenvalue weighted by Crippen LogP contribution is -2.53. The van der Waals surface area contributed by atoms with Crippen molar-refractivity contribution in [3.05, 3.63) is 95.3 Å². The van der Waals surface area contributed by atoms with Gasteiger partial charge in [-0.1, -0.05) is 54.6 Å². The second-order valence-electron chi connectivity index (χ2n) is 10.1. The van der Waals surface area contributed by atoms with Crippen LogP contribution < -0.4 is 4.72 Å². The van der Waals surface area contributed by atoms with Crippen LogP contribution in [0.2, 0.25) is 0 Å². The van der Waals surface area contributed by atoms with Crippen molar-refractivity contribution in [1.29, 1.82) is 0 Å². The van der Waals surface area contributed by atoms with Gasteiger partial charge in [-0.3, -0.25) is 4.79 Å². The van der Waals surface area contributed by atoms with Crippen molar-refractivity contribution < 1.29 is 27.4 Å². The Kier molecular flexibility index (Phi) is 8.08. The Morgan fingerprint density at radius 1 is 1.05 bits per heavy atom. The number of rotatable bonds is 7. The highest BCUT2D eigenvalue weighted by atomic mass is 32.2. The van der Waals surface area contributed by atoms with Gasteiger partial charge < -0.3 is 14.7 Å². The van der Waals surface area contributed by atoms with Crippen LogP contribution in [0.25, 0.3) is 11.1 Å². The van der Waals surface area contributed by atoms with Gasteiger partial charge in [-0.25, -0.2) is 22.5 Å². The van der Waals surface area contributed by atoms with E-state index in [4.69, 9.17) is 4.74 Å². The van der Waals surface area contributed by atoms with Crippen LogP contribution >= 0.6 is 0 Å². The van der Waals surface area contributed by atoms with Crippen LogP contribution in [0.3, 0.4) is 0 Å². The number of halogens is 1. The quantitative estimate of drug-likeness (QED) is 0.450. The average molecular weight is 554 g/mol. The summed E-state index contributed by atoms with van der Waals surface area (Å²) < 4.78 is 49.7. The van der Waals surface area contributed by atoms with Gasteiger partial charge in [0.1, 0.15) is 16.7 Å². The number of hydrogen-bond donors (Lipinski definition) is 2. The summed E-state index contributed by atoms with van der Waals surface area (Å²) in [5.74, 6) is -0.594. The van der Waals surface area contributed by atoms with Gasteiger partial charge in [0.15, 0.2) is 0 Å². The highest BCUT2D eigenvalue weighted by Crippen LogP contribution is 2.39. The molecule has 1 heterocycles. The Labute approximate surface area is 228 Å². The summed E-state index contributed by atoms with van der Waals surface area (Å²) in [6.45, 7) is 3.05. The monoisotopic (exact) mass is 553 g/mol. The molecule has 0 spiro atoms. The second-order valence-corrected chi connectivity index (χ2v) is 11.9. The molecule has 0 bridgehead atoms. The molecule has 1 fully saturated rings. The van der Waals surface area contributed by atoms with Gasteiger partial charge in [-0.15, -0.1) is 0 Å². The van der Waals surface area contributed by atoms with Crippen molar-refractivity contribution in [3.8, 4) is 11.1 Å². The first-order chi connectivity index (χ1) is 18.4. The highest BCUT2D eigenvalue weighted by Gasteiger charge is 2.48. The molecule has 2 unspecified atom stereocenters. The number of sulfonamides is 1. The van der Waals surface area contributed by atoms with Crippen molar-refractivity contribution >= 4 is 22.0 Å². The fraction of sp³-hybridized carbons (Fsp3) is 0.310. The Morgan fingerprint density at radius 2 is 1.64 bits per heavy atom. The summed E-state index contributed by atoms with van der Waals surface area (Å²) >= 11 is 0. The summed E-state index contributed by atoms with van der Waals surface area (Å²) in [4.78, 5) is 18.0. The number of nitrogens with zero attached hydrogens (tertiary/aromatic N) is 2. The van der Waals surface area contributed by atoms with Gasteiger partial charge in [0.2, 0.25) is 10.0 Å². The van der Waals surface area contributed by atoms with Crippen molar-refractivity contribution in [2.24, 2.45) is 4.99 Å². The number of aliphatic hydroxyl groups excluding tert-OH is 1. The molecule has 4 rings (SSSR count). The third-order valence-electron chi connectivity index (χ3n) is 6.56. The molecule has 3 aromatic carbocycles. The molecule has 0 aromatic heterocycles. The number of nitrogens with one attached hydrogen (secondary N) is 1. The maximum Gasteiger partial charge on any atom is 0.299 e. The van der Waals surface area contributed by atoms with Crippen LogP contribution in [-0.2, 0) is 14.8 Å². The SMILES string of the molecule is CN(C)C(=O)c1ccc(-c2ccc(C3C(C)(C)OC(=NC(CCO)c4ccccc4F)NS3(=O)=O)cc2)cc1. The molecule has 1 aliphatic rings. The number of aliphatic imine (C=N–C) groups is 1. The normalized spacial score (nSPS) is 19.5. The van der Waals surface area contributed by atoms with E-state index in [0.717, 1.165) is 11.1 Å². The molecule has 3 aromatic rings. The predicted octanol–water partition coefficient (Wildman–Crippen LogP) is 4.44.